The largest absolute Gasteiger partial charge is 0.0893 e. The van der Waals surface area contributed by atoms with Crippen LogP contribution in [0.3, 0.4) is 0 Å². The third kappa shape index (κ3) is 3.25. The predicted molar refractivity (Wildman–Crippen MR) is 70.6 cm³/mol. The van der Waals surface area contributed by atoms with Crippen LogP contribution in [0, 0.1) is 0 Å². The molecule has 78 valence electrons. The molecule has 0 aliphatic rings. The molecule has 0 fully saturated rings. The van der Waals surface area contributed by atoms with Crippen molar-refractivity contribution in [3.63, 3.8) is 0 Å². The van der Waals surface area contributed by atoms with Crippen LogP contribution in [0.15, 0.2) is 22.7 Å². The third-order valence-corrected chi connectivity index (χ3v) is 3.57. The summed E-state index contributed by atoms with van der Waals surface area (Å²) in [4.78, 5) is 0.515. The lowest BCUT2D eigenvalue weighted by Gasteiger charge is -2.16. The van der Waals surface area contributed by atoms with Crippen LogP contribution in [0.5, 0.6) is 0 Å². The zero-order valence-electron chi connectivity index (χ0n) is 8.23. The molecule has 1 aromatic rings. The number of hydrogen-bond acceptors (Lipinski definition) is 0. The van der Waals surface area contributed by atoms with Gasteiger partial charge in [-0.1, -0.05) is 63.4 Å². The molecule has 14 heavy (non-hydrogen) atoms. The Balaban J connectivity index is 2.94. The van der Waals surface area contributed by atoms with Crippen molar-refractivity contribution in [3.8, 4) is 0 Å². The van der Waals surface area contributed by atoms with Crippen molar-refractivity contribution in [2.24, 2.45) is 0 Å². The van der Waals surface area contributed by atoms with Gasteiger partial charge < -0.3 is 0 Å². The summed E-state index contributed by atoms with van der Waals surface area (Å²) >= 11 is 13.3. The summed E-state index contributed by atoms with van der Waals surface area (Å²) in [5.41, 5.74) is 1.21. The molecule has 0 bridgehead atoms. The number of alkyl halides is 1. The fourth-order valence-corrected chi connectivity index (χ4v) is 3.38. The van der Waals surface area contributed by atoms with Crippen LogP contribution in [0.1, 0.15) is 31.7 Å². The van der Waals surface area contributed by atoms with Gasteiger partial charge in [-0.3, -0.25) is 0 Å². The van der Waals surface area contributed by atoms with Crippen molar-refractivity contribution in [2.75, 3.05) is 0 Å². The van der Waals surface area contributed by atoms with Gasteiger partial charge in [-0.2, -0.15) is 0 Å². The van der Waals surface area contributed by atoms with Gasteiger partial charge in [-0.25, -0.2) is 0 Å². The van der Waals surface area contributed by atoms with E-state index in [0.29, 0.717) is 10.7 Å². The molecule has 0 aromatic heterocycles. The Morgan fingerprint density at radius 1 is 1.36 bits per heavy atom. The number of halogens is 3. The molecule has 2 atom stereocenters. The average Bonchev–Trinajstić information content (AvgIpc) is 2.01. The van der Waals surface area contributed by atoms with Crippen LogP contribution in [-0.2, 0) is 0 Å². The number of benzene rings is 1. The molecule has 1 aromatic carbocycles. The van der Waals surface area contributed by atoms with E-state index in [1.54, 1.807) is 0 Å². The molecule has 0 aliphatic carbocycles. The molecule has 2 unspecified atom stereocenters. The lowest BCUT2D eigenvalue weighted by atomic mass is 9.96. The molecule has 0 heterocycles. The Kier molecular flexibility index (Phi) is 4.95. The minimum atomic E-state index is 0.465. The molecule has 1 rings (SSSR count). The molecule has 0 spiro atoms. The van der Waals surface area contributed by atoms with Crippen molar-refractivity contribution < 1.29 is 0 Å². The normalized spacial score (nSPS) is 15.2. The van der Waals surface area contributed by atoms with Crippen molar-refractivity contribution in [1.29, 1.82) is 0 Å². The van der Waals surface area contributed by atoms with Crippen LogP contribution in [0.25, 0.3) is 0 Å². The van der Waals surface area contributed by atoms with Gasteiger partial charge in [-0.15, -0.1) is 0 Å². The molecule has 0 nitrogen and oxygen atoms in total. The maximum absolute atomic E-state index is 6.16. The zero-order chi connectivity index (χ0) is 10.7. The van der Waals surface area contributed by atoms with Gasteiger partial charge in [0, 0.05) is 14.3 Å². The lowest BCUT2D eigenvalue weighted by molar-refractivity contribution is 0.679. The highest BCUT2D eigenvalue weighted by molar-refractivity contribution is 9.10. The Bertz CT molecular complexity index is 290. The molecule has 0 saturated heterocycles. The highest BCUT2D eigenvalue weighted by atomic mass is 79.9. The topological polar surface area (TPSA) is 0 Å². The molecule has 0 saturated carbocycles. The Hall–Kier alpha value is 0.470. The van der Waals surface area contributed by atoms with Crippen molar-refractivity contribution >= 4 is 43.5 Å². The minimum Gasteiger partial charge on any atom is -0.0893 e. The fourth-order valence-electron chi connectivity index (χ4n) is 1.59. The maximum atomic E-state index is 6.16. The van der Waals surface area contributed by atoms with E-state index in [1.165, 1.54) is 5.56 Å². The molecular weight excluding hydrogens is 327 g/mol. The van der Waals surface area contributed by atoms with E-state index in [1.807, 2.05) is 18.2 Å². The Labute approximate surface area is 107 Å². The standard InChI is InChI=1S/C11H13Br2Cl/c1-7(6-8(2)12)11-9(13)4-3-5-10(11)14/h3-5,7-8H,6H2,1-2H3. The Morgan fingerprint density at radius 3 is 2.50 bits per heavy atom. The number of hydrogen-bond donors (Lipinski definition) is 0. The summed E-state index contributed by atoms with van der Waals surface area (Å²) in [7, 11) is 0. The van der Waals surface area contributed by atoms with Gasteiger partial charge in [0.2, 0.25) is 0 Å². The first kappa shape index (κ1) is 12.5. The first-order valence-electron chi connectivity index (χ1n) is 4.60. The summed E-state index contributed by atoms with van der Waals surface area (Å²) in [6, 6.07) is 5.94. The summed E-state index contributed by atoms with van der Waals surface area (Å²) in [5.74, 6) is 0.465. The second kappa shape index (κ2) is 5.53. The smallest absolute Gasteiger partial charge is 0.0451 e. The predicted octanol–water partition coefficient (Wildman–Crippen LogP) is 5.38. The van der Waals surface area contributed by atoms with E-state index in [2.05, 4.69) is 45.7 Å². The van der Waals surface area contributed by atoms with Crippen molar-refractivity contribution in [3.05, 3.63) is 33.3 Å². The second-order valence-electron chi connectivity index (χ2n) is 3.55. The quantitative estimate of drug-likeness (QED) is 0.648. The molecule has 0 aliphatic heterocycles. The highest BCUT2D eigenvalue weighted by Gasteiger charge is 2.14. The highest BCUT2D eigenvalue weighted by Crippen LogP contribution is 2.34. The van der Waals surface area contributed by atoms with Crippen molar-refractivity contribution in [2.45, 2.75) is 31.0 Å². The summed E-state index contributed by atoms with van der Waals surface area (Å²) in [6.07, 6.45) is 1.09. The first-order valence-corrected chi connectivity index (χ1v) is 6.69. The van der Waals surface area contributed by atoms with E-state index in [9.17, 15) is 0 Å². The van der Waals surface area contributed by atoms with Crippen LogP contribution in [-0.4, -0.2) is 4.83 Å². The second-order valence-corrected chi connectivity index (χ2v) is 6.38. The maximum Gasteiger partial charge on any atom is 0.0451 e. The summed E-state index contributed by atoms with van der Waals surface area (Å²) in [6.45, 7) is 4.35. The molecule has 0 N–H and O–H groups in total. The zero-order valence-corrected chi connectivity index (χ0v) is 12.2. The van der Waals surface area contributed by atoms with Crippen molar-refractivity contribution in [1.82, 2.24) is 0 Å². The minimum absolute atomic E-state index is 0.465. The first-order chi connectivity index (χ1) is 6.52. The van der Waals surface area contributed by atoms with E-state index >= 15 is 0 Å². The molecular formula is C11H13Br2Cl. The number of rotatable bonds is 3. The van der Waals surface area contributed by atoms with Crippen LogP contribution in [0.4, 0.5) is 0 Å². The van der Waals surface area contributed by atoms with E-state index < -0.39 is 0 Å². The monoisotopic (exact) mass is 338 g/mol. The van der Waals surface area contributed by atoms with E-state index in [-0.39, 0.29) is 0 Å². The van der Waals surface area contributed by atoms with Gasteiger partial charge >= 0.3 is 0 Å². The Morgan fingerprint density at radius 2 is 2.00 bits per heavy atom. The van der Waals surface area contributed by atoms with Crippen LogP contribution in [0.2, 0.25) is 5.02 Å². The SMILES string of the molecule is CC(Br)CC(C)c1c(Cl)cccc1Br. The van der Waals surface area contributed by atoms with E-state index in [0.717, 1.165) is 15.9 Å². The van der Waals surface area contributed by atoms with Gasteiger partial charge in [-0.05, 0) is 30.0 Å². The van der Waals surface area contributed by atoms with E-state index in [4.69, 9.17) is 11.6 Å². The summed E-state index contributed by atoms with van der Waals surface area (Å²) < 4.78 is 1.10. The molecule has 3 heteroatoms. The van der Waals surface area contributed by atoms with Gasteiger partial charge in [0.15, 0.2) is 0 Å². The van der Waals surface area contributed by atoms with Gasteiger partial charge in [0.1, 0.15) is 0 Å². The molecule has 0 radical (unpaired) electrons. The fraction of sp³-hybridized carbons (Fsp3) is 0.455. The van der Waals surface area contributed by atoms with Crippen LogP contribution < -0.4 is 0 Å². The third-order valence-electron chi connectivity index (χ3n) is 2.17. The average molecular weight is 340 g/mol. The van der Waals surface area contributed by atoms with Gasteiger partial charge in [0.25, 0.3) is 0 Å². The molecule has 0 amide bonds. The lowest BCUT2D eigenvalue weighted by Crippen LogP contribution is -2.02. The summed E-state index contributed by atoms with van der Waals surface area (Å²) in [5, 5.41) is 0.847. The van der Waals surface area contributed by atoms with Gasteiger partial charge in [0.05, 0.1) is 0 Å². The van der Waals surface area contributed by atoms with Crippen LogP contribution >= 0.6 is 43.5 Å².